The van der Waals surface area contributed by atoms with Crippen molar-refractivity contribution in [3.8, 4) is 11.1 Å². The molecule has 6 amide bonds. The predicted molar refractivity (Wildman–Crippen MR) is 245 cm³/mol. The Morgan fingerprint density at radius 3 is 2.51 bits per heavy atom. The number of anilines is 3. The third kappa shape index (κ3) is 7.91. The van der Waals surface area contributed by atoms with Gasteiger partial charge in [-0.2, -0.15) is 5.10 Å². The lowest BCUT2D eigenvalue weighted by molar-refractivity contribution is -0.145. The van der Waals surface area contributed by atoms with Gasteiger partial charge in [0.1, 0.15) is 5.82 Å². The highest BCUT2D eigenvalue weighted by Gasteiger charge is 2.47. The fourth-order valence-corrected chi connectivity index (χ4v) is 10.8. The molecule has 3 N–H and O–H groups in total. The first-order valence-corrected chi connectivity index (χ1v) is 23.5. The average Bonchev–Trinajstić information content (AvgIpc) is 4.19. The number of carbonyl (C=O) groups is 5. The van der Waals surface area contributed by atoms with E-state index < -0.39 is 48.1 Å². The van der Waals surface area contributed by atoms with Gasteiger partial charge in [-0.3, -0.25) is 44.7 Å². The molecule has 8 heterocycles. The van der Waals surface area contributed by atoms with E-state index in [4.69, 9.17) is 0 Å². The number of urea groups is 1. The summed E-state index contributed by atoms with van der Waals surface area (Å²) in [6.07, 6.45) is 5.07. The van der Waals surface area contributed by atoms with Gasteiger partial charge in [0.2, 0.25) is 11.8 Å². The minimum atomic E-state index is -3.19. The van der Waals surface area contributed by atoms with Crippen LogP contribution in [-0.4, -0.2) is 127 Å². The van der Waals surface area contributed by atoms with E-state index in [1.807, 2.05) is 33.7 Å². The molecule has 21 heteroatoms. The fourth-order valence-electron chi connectivity index (χ4n) is 10.3. The first-order chi connectivity index (χ1) is 32.9. The number of hydrogen-bond donors (Lipinski definition) is 3. The number of thiazole rings is 1. The summed E-state index contributed by atoms with van der Waals surface area (Å²) in [5, 5.41) is 14.9. The molecule has 5 aliphatic heterocycles. The van der Waals surface area contributed by atoms with Gasteiger partial charge in [-0.1, -0.05) is 18.2 Å². The van der Waals surface area contributed by atoms with E-state index in [-0.39, 0.29) is 62.0 Å². The maximum Gasteiger partial charge on any atom is 0.329 e. The Bertz CT molecular complexity index is 2990. The molecular formula is C47H45F3N12O5S. The summed E-state index contributed by atoms with van der Waals surface area (Å²) in [7, 11) is 0. The van der Waals surface area contributed by atoms with Crippen LogP contribution in [0.25, 0.3) is 22.0 Å². The van der Waals surface area contributed by atoms with Crippen molar-refractivity contribution >= 4 is 68.5 Å². The van der Waals surface area contributed by atoms with E-state index in [1.54, 1.807) is 42.2 Å². The van der Waals surface area contributed by atoms with Crippen LogP contribution in [0.3, 0.4) is 0 Å². The second-order valence-corrected chi connectivity index (χ2v) is 18.7. The van der Waals surface area contributed by atoms with Crippen molar-refractivity contribution in [3.63, 3.8) is 0 Å². The number of imide groups is 1. The van der Waals surface area contributed by atoms with Gasteiger partial charge in [0, 0.05) is 91.7 Å². The number of benzene rings is 3. The Hall–Kier alpha value is -7.13. The van der Waals surface area contributed by atoms with Crippen LogP contribution in [0.2, 0.25) is 0 Å². The van der Waals surface area contributed by atoms with E-state index in [2.05, 4.69) is 35.7 Å². The Balaban J connectivity index is 0.701. The number of fused-ring (bicyclic) bond motifs is 3. The quantitative estimate of drug-likeness (QED) is 0.158. The van der Waals surface area contributed by atoms with Crippen LogP contribution in [0, 0.1) is 5.82 Å². The lowest BCUT2D eigenvalue weighted by Crippen LogP contribution is -2.54. The van der Waals surface area contributed by atoms with Gasteiger partial charge < -0.3 is 19.3 Å². The smallest absolute Gasteiger partial charge is 0.329 e. The van der Waals surface area contributed by atoms with Gasteiger partial charge in [-0.15, -0.1) is 11.3 Å². The number of carbonyl (C=O) groups excluding carboxylic acids is 5. The van der Waals surface area contributed by atoms with Crippen molar-refractivity contribution < 1.29 is 37.1 Å². The van der Waals surface area contributed by atoms with Crippen molar-refractivity contribution in [1.29, 1.82) is 0 Å². The topological polar surface area (TPSA) is 185 Å². The van der Waals surface area contributed by atoms with Gasteiger partial charge in [0.05, 0.1) is 43.1 Å². The SMILES string of the molecule is O=C1CCN(c2n[nH]c3cc(C4CCN(C(=O)CN5CCN(c6ccc(-c7cc(F)c8c(c7)C(=O)N(C(C(=O)Nc7nccs7)c7ncn9c7CCC9)C8)cc6)CC5)CC4(F)F)ccc23)C(=O)N1. The normalized spacial score (nSPS) is 19.9. The summed E-state index contributed by atoms with van der Waals surface area (Å²) in [5.74, 6) is -6.18. The number of nitrogens with zero attached hydrogens (tertiary/aromatic N) is 9. The second-order valence-electron chi connectivity index (χ2n) is 17.9. The highest BCUT2D eigenvalue weighted by Crippen LogP contribution is 2.42. The average molecular weight is 947 g/mol. The number of alkyl halides is 2. The number of likely N-dealkylation sites (tertiary alicyclic amines) is 1. The van der Waals surface area contributed by atoms with Crippen molar-refractivity contribution in [2.45, 2.75) is 56.7 Å². The molecule has 11 rings (SSSR count). The number of H-pyrrole nitrogens is 1. The number of amides is 6. The lowest BCUT2D eigenvalue weighted by Gasteiger charge is -2.40. The standard InChI is InChI=1S/C47H45F3N12O5S/c48-35-21-29(20-32-33(35)23-62(44(32)66)41(43(65)54-45-51-11-19-68-45)40-37-2-1-12-60(37)26-52-40)27-3-6-30(7-4-27)58-17-15-57(16-18-58)24-39(64)59-13-9-34(47(49,50)25-59)28-5-8-31-36(22-28)55-56-42(31)61-14-10-38(63)53-46(61)67/h3-8,11,19-22,26,34,41H,1-2,9-10,12-18,23-25H2,(H,55,56)(H,51,54,65)(H,53,63,67). The van der Waals surface area contributed by atoms with E-state index in [1.165, 1.54) is 32.1 Å². The Labute approximate surface area is 390 Å². The molecule has 350 valence electrons. The van der Waals surface area contributed by atoms with Gasteiger partial charge in [0.25, 0.3) is 17.7 Å². The molecule has 2 atom stereocenters. The minimum Gasteiger partial charge on any atom is -0.369 e. The zero-order valence-electron chi connectivity index (χ0n) is 36.6. The number of hydrogen-bond acceptors (Lipinski definition) is 11. The number of piperazine rings is 1. The molecule has 0 bridgehead atoms. The van der Waals surface area contributed by atoms with Crippen molar-refractivity contribution in [1.82, 2.24) is 44.7 Å². The number of halogens is 3. The van der Waals surface area contributed by atoms with Crippen LogP contribution in [0.4, 0.5) is 34.6 Å². The molecule has 0 aliphatic carbocycles. The van der Waals surface area contributed by atoms with Gasteiger partial charge >= 0.3 is 6.03 Å². The molecule has 68 heavy (non-hydrogen) atoms. The maximum atomic E-state index is 16.0. The summed E-state index contributed by atoms with van der Waals surface area (Å²) >= 11 is 1.26. The zero-order chi connectivity index (χ0) is 46.8. The lowest BCUT2D eigenvalue weighted by atomic mass is 9.85. The molecule has 3 saturated heterocycles. The van der Waals surface area contributed by atoms with E-state index in [0.29, 0.717) is 76.8 Å². The number of nitrogens with one attached hydrogen (secondary N) is 3. The van der Waals surface area contributed by atoms with E-state index in [9.17, 15) is 24.0 Å². The molecule has 5 aliphatic rings. The number of aryl methyl sites for hydroxylation is 1. The molecule has 0 spiro atoms. The predicted octanol–water partition coefficient (Wildman–Crippen LogP) is 5.52. The molecule has 3 aromatic heterocycles. The van der Waals surface area contributed by atoms with Crippen LogP contribution in [0.15, 0.2) is 72.5 Å². The largest absolute Gasteiger partial charge is 0.369 e. The first kappa shape index (κ1) is 43.4. The number of aromatic nitrogens is 5. The van der Waals surface area contributed by atoms with Crippen LogP contribution in [0.1, 0.15) is 64.1 Å². The molecule has 6 aromatic rings. The molecule has 17 nitrogen and oxygen atoms in total. The molecule has 3 aromatic carbocycles. The third-order valence-corrected chi connectivity index (χ3v) is 14.5. The summed E-state index contributed by atoms with van der Waals surface area (Å²) < 4.78 is 49.6. The second kappa shape index (κ2) is 17.2. The van der Waals surface area contributed by atoms with Crippen LogP contribution >= 0.6 is 11.3 Å². The van der Waals surface area contributed by atoms with Gasteiger partial charge in [0.15, 0.2) is 17.0 Å². The minimum absolute atomic E-state index is 0.0216. The van der Waals surface area contributed by atoms with Gasteiger partial charge in [-0.25, -0.2) is 27.9 Å². The zero-order valence-corrected chi connectivity index (χ0v) is 37.4. The number of aromatic amines is 1. The Morgan fingerprint density at radius 1 is 0.926 bits per heavy atom. The summed E-state index contributed by atoms with van der Waals surface area (Å²) in [4.78, 5) is 82.3. The molecule has 3 fully saturated rings. The summed E-state index contributed by atoms with van der Waals surface area (Å²) in [6, 6.07) is 13.9. The van der Waals surface area contributed by atoms with Crippen molar-refractivity contribution in [3.05, 3.63) is 106 Å². The monoisotopic (exact) mass is 946 g/mol. The molecule has 0 saturated carbocycles. The van der Waals surface area contributed by atoms with Crippen molar-refractivity contribution in [2.75, 3.05) is 67.5 Å². The highest BCUT2D eigenvalue weighted by atomic mass is 32.1. The van der Waals surface area contributed by atoms with Crippen LogP contribution in [-0.2, 0) is 33.9 Å². The van der Waals surface area contributed by atoms with Crippen LogP contribution in [0.5, 0.6) is 0 Å². The highest BCUT2D eigenvalue weighted by molar-refractivity contribution is 7.13. The van der Waals surface area contributed by atoms with Gasteiger partial charge in [-0.05, 0) is 72.4 Å². The Morgan fingerprint density at radius 2 is 1.75 bits per heavy atom. The first-order valence-electron chi connectivity index (χ1n) is 22.6. The van der Waals surface area contributed by atoms with Crippen molar-refractivity contribution in [2.24, 2.45) is 0 Å². The third-order valence-electron chi connectivity index (χ3n) is 13.8. The Kier molecular flexibility index (Phi) is 11.0. The summed E-state index contributed by atoms with van der Waals surface area (Å²) in [5.41, 5.74) is 4.82. The number of imidazole rings is 1. The van der Waals surface area contributed by atoms with E-state index >= 15 is 13.2 Å². The van der Waals surface area contributed by atoms with Crippen LogP contribution < -0.4 is 20.4 Å². The molecule has 2 unspecified atom stereocenters. The fraction of sp³-hybridized carbons (Fsp3) is 0.362. The molecule has 0 radical (unpaired) electrons. The molecular weight excluding hydrogens is 902 g/mol. The number of rotatable bonds is 10. The number of piperidine rings is 1. The summed E-state index contributed by atoms with van der Waals surface area (Å²) in [6.45, 7) is 2.62. The van der Waals surface area contributed by atoms with E-state index in [0.717, 1.165) is 24.3 Å². The maximum absolute atomic E-state index is 16.0.